The number of aromatic nitrogens is 1. The molecule has 3 aromatic rings. The highest BCUT2D eigenvalue weighted by Gasteiger charge is 2.69. The number of benzene rings is 2. The molecule has 2 aromatic carbocycles. The molecule has 6 nitrogen and oxygen atoms in total. The Balaban J connectivity index is 2.40. The number of ketones is 1. The number of carbonyl (C=O) groups is 2. The van der Waals surface area contributed by atoms with Crippen LogP contribution in [-0.4, -0.2) is 21.6 Å². The predicted molar refractivity (Wildman–Crippen MR) is 91.7 cm³/mol. The van der Waals surface area contributed by atoms with Gasteiger partial charge < -0.3 is 4.57 Å². The maximum absolute atomic E-state index is 13.4. The first-order chi connectivity index (χ1) is 12.7. The van der Waals surface area contributed by atoms with Crippen LogP contribution in [0.25, 0.3) is 16.5 Å². The Hall–Kier alpha value is -3.28. The van der Waals surface area contributed by atoms with Gasteiger partial charge in [-0.3, -0.25) is 19.7 Å². The maximum Gasteiger partial charge on any atom is 0.316 e. The van der Waals surface area contributed by atoms with Crippen molar-refractivity contribution in [1.82, 2.24) is 4.57 Å². The van der Waals surface area contributed by atoms with E-state index in [1.807, 2.05) is 0 Å². The average molecular weight is 420 g/mol. The van der Waals surface area contributed by atoms with E-state index in [0.717, 1.165) is 10.6 Å². The number of aldehydes is 1. The normalized spacial score (nSPS) is 14.3. The summed E-state index contributed by atoms with van der Waals surface area (Å²) in [5, 5.41) is 11.4. The van der Waals surface area contributed by atoms with Gasteiger partial charge in [-0.1, -0.05) is 43.7 Å². The van der Waals surface area contributed by atoms with Crippen LogP contribution in [0.15, 0.2) is 53.6 Å². The van der Waals surface area contributed by atoms with Gasteiger partial charge in [0.05, 0.1) is 4.92 Å². The zero-order chi connectivity index (χ0) is 21.0. The summed E-state index contributed by atoms with van der Waals surface area (Å²) in [7, 11) is -10.4. The van der Waals surface area contributed by atoms with Crippen LogP contribution in [0.1, 0.15) is 10.5 Å². The van der Waals surface area contributed by atoms with Crippen molar-refractivity contribution in [2.45, 2.75) is 4.90 Å². The van der Waals surface area contributed by atoms with E-state index in [1.165, 1.54) is 24.4 Å². The molecule has 1 heterocycles. The van der Waals surface area contributed by atoms with Crippen molar-refractivity contribution in [3.63, 3.8) is 0 Å². The molecule has 0 fully saturated rings. The van der Waals surface area contributed by atoms with Crippen LogP contribution >= 0.6 is 10.2 Å². The average Bonchev–Trinajstić information content (AvgIpc) is 2.98. The molecule has 0 atom stereocenters. The van der Waals surface area contributed by atoms with Gasteiger partial charge in [-0.2, -0.15) is 0 Å². The Kier molecular flexibility index (Phi) is 3.74. The highest BCUT2D eigenvalue weighted by Crippen LogP contribution is 3.03. The number of nitro groups is 1. The Labute approximate surface area is 153 Å². The van der Waals surface area contributed by atoms with Gasteiger partial charge in [0, 0.05) is 28.7 Å². The van der Waals surface area contributed by atoms with Gasteiger partial charge in [0.25, 0.3) is 5.69 Å². The van der Waals surface area contributed by atoms with E-state index in [1.54, 1.807) is 6.07 Å². The van der Waals surface area contributed by atoms with E-state index in [2.05, 4.69) is 0 Å². The Bertz CT molecular complexity index is 1170. The van der Waals surface area contributed by atoms with Crippen LogP contribution in [0.5, 0.6) is 0 Å². The summed E-state index contributed by atoms with van der Waals surface area (Å²) < 4.78 is 67.6. The summed E-state index contributed by atoms with van der Waals surface area (Å²) in [6.07, 6.45) is 1.09. The standard InChI is InChI=1S/C16H9F5N2O4S/c17-28(18,19,20,21)15-7-11(5-6-13(15)23(26)27)22-8-10-3-1-2-4-12(10)16(22)14(25)9-24/h1-9H. The van der Waals surface area contributed by atoms with Crippen LogP contribution in [0, 0.1) is 10.1 Å². The predicted octanol–water partition coefficient (Wildman–Crippen LogP) is 5.58. The number of nitrogens with zero attached hydrogens (tertiary/aromatic N) is 2. The zero-order valence-electron chi connectivity index (χ0n) is 13.5. The highest BCUT2D eigenvalue weighted by atomic mass is 32.5. The second-order valence-electron chi connectivity index (χ2n) is 5.80. The second-order valence-corrected chi connectivity index (χ2v) is 8.17. The molecule has 28 heavy (non-hydrogen) atoms. The number of hydrogen-bond acceptors (Lipinski definition) is 4. The minimum absolute atomic E-state index is 0.0743. The van der Waals surface area contributed by atoms with E-state index in [4.69, 9.17) is 0 Å². The first kappa shape index (κ1) is 19.5. The van der Waals surface area contributed by atoms with Gasteiger partial charge >= 0.3 is 10.2 Å². The molecule has 3 rings (SSSR count). The number of hydrogen-bond donors (Lipinski definition) is 0. The van der Waals surface area contributed by atoms with Crippen molar-refractivity contribution in [3.05, 3.63) is 64.5 Å². The fourth-order valence-corrected chi connectivity index (χ4v) is 3.66. The fourth-order valence-electron chi connectivity index (χ4n) is 2.78. The third-order valence-electron chi connectivity index (χ3n) is 3.90. The highest BCUT2D eigenvalue weighted by molar-refractivity contribution is 8.45. The van der Waals surface area contributed by atoms with Crippen LogP contribution in [0.2, 0.25) is 0 Å². The Morgan fingerprint density at radius 3 is 2.29 bits per heavy atom. The quantitative estimate of drug-likeness (QED) is 0.135. The molecule has 1 aromatic heterocycles. The largest absolute Gasteiger partial charge is 0.316 e. The number of fused-ring (bicyclic) bond motifs is 1. The summed E-state index contributed by atoms with van der Waals surface area (Å²) in [6.45, 7) is 0. The lowest BCUT2D eigenvalue weighted by atomic mass is 10.1. The molecule has 12 heteroatoms. The molecule has 0 amide bonds. The van der Waals surface area contributed by atoms with Crippen molar-refractivity contribution in [2.24, 2.45) is 0 Å². The summed E-state index contributed by atoms with van der Waals surface area (Å²) in [6, 6.07) is 6.93. The van der Waals surface area contributed by atoms with Gasteiger partial charge in [-0.25, -0.2) is 0 Å². The summed E-state index contributed by atoms with van der Waals surface area (Å²) in [4.78, 5) is 29.5. The first-order valence-electron chi connectivity index (χ1n) is 7.35. The molecule has 0 spiro atoms. The van der Waals surface area contributed by atoms with Gasteiger partial charge in [-0.05, 0) is 12.1 Å². The molecule has 0 saturated heterocycles. The van der Waals surface area contributed by atoms with E-state index in [0.29, 0.717) is 5.39 Å². The van der Waals surface area contributed by atoms with E-state index < -0.39 is 37.2 Å². The molecule has 0 aliphatic rings. The molecule has 0 saturated carbocycles. The molecule has 0 bridgehead atoms. The molecule has 0 aliphatic carbocycles. The third-order valence-corrected chi connectivity index (χ3v) is 5.06. The lowest BCUT2D eigenvalue weighted by molar-refractivity contribution is -0.388. The van der Waals surface area contributed by atoms with Gasteiger partial charge in [0.15, 0.2) is 11.2 Å². The number of nitro benzene ring substituents is 1. The molecule has 0 aliphatic heterocycles. The smallest absolute Gasteiger partial charge is 0.312 e. The summed E-state index contributed by atoms with van der Waals surface area (Å²) >= 11 is 0. The molecule has 148 valence electrons. The molecule has 0 radical (unpaired) electrons. The number of Topliss-reactive ketones (excluding diaryl/α,β-unsaturated/α-hetero) is 1. The summed E-state index contributed by atoms with van der Waals surface area (Å²) in [5.41, 5.74) is -2.76. The van der Waals surface area contributed by atoms with Crippen molar-refractivity contribution < 1.29 is 33.9 Å². The van der Waals surface area contributed by atoms with Gasteiger partial charge in [0.2, 0.25) is 5.78 Å². The van der Waals surface area contributed by atoms with Crippen LogP contribution in [0.4, 0.5) is 25.1 Å². The van der Waals surface area contributed by atoms with Gasteiger partial charge in [-0.15, -0.1) is 0 Å². The van der Waals surface area contributed by atoms with E-state index in [9.17, 15) is 39.1 Å². The first-order valence-corrected chi connectivity index (χ1v) is 9.30. The van der Waals surface area contributed by atoms with E-state index in [-0.39, 0.29) is 29.5 Å². The van der Waals surface area contributed by atoms with Crippen molar-refractivity contribution in [2.75, 3.05) is 0 Å². The van der Waals surface area contributed by atoms with E-state index >= 15 is 0 Å². The minimum atomic E-state index is -10.4. The zero-order valence-corrected chi connectivity index (χ0v) is 14.3. The molecule has 0 N–H and O–H groups in total. The lowest BCUT2D eigenvalue weighted by Crippen LogP contribution is -2.12. The number of halogens is 5. The fraction of sp³-hybridized carbons (Fsp3) is 0. The van der Waals surface area contributed by atoms with Crippen molar-refractivity contribution >= 4 is 38.8 Å². The van der Waals surface area contributed by atoms with Crippen LogP contribution in [0.3, 0.4) is 0 Å². The lowest BCUT2D eigenvalue weighted by Gasteiger charge is -2.39. The number of carbonyl (C=O) groups excluding carboxylic acids is 2. The van der Waals surface area contributed by atoms with Crippen molar-refractivity contribution in [3.8, 4) is 5.69 Å². The third kappa shape index (κ3) is 3.33. The van der Waals surface area contributed by atoms with Gasteiger partial charge in [0.1, 0.15) is 5.69 Å². The topological polar surface area (TPSA) is 82.2 Å². The van der Waals surface area contributed by atoms with Crippen LogP contribution in [-0.2, 0) is 4.79 Å². The SMILES string of the molecule is O=CC(=O)c1c2ccccc2cn1-c1ccc([N+](=O)[O-])c(S(F)(F)(F)(F)F)c1. The molecular weight excluding hydrogens is 411 g/mol. The number of rotatable bonds is 5. The summed E-state index contributed by atoms with van der Waals surface area (Å²) in [5.74, 6) is -1.10. The minimum Gasteiger partial charge on any atom is -0.312 e. The monoisotopic (exact) mass is 420 g/mol. The molecular formula is C16H9F5N2O4S. The molecule has 0 unspecified atom stereocenters. The second kappa shape index (κ2) is 5.38. The van der Waals surface area contributed by atoms with Crippen molar-refractivity contribution in [1.29, 1.82) is 0 Å². The van der Waals surface area contributed by atoms with Crippen LogP contribution < -0.4 is 0 Å². The Morgan fingerprint density at radius 2 is 1.71 bits per heavy atom. The maximum atomic E-state index is 13.4. The Morgan fingerprint density at radius 1 is 1.07 bits per heavy atom.